The average Bonchev–Trinajstić information content (AvgIpc) is 3.11. The lowest BCUT2D eigenvalue weighted by Gasteiger charge is -2.21. The fraction of sp³-hybridized carbons (Fsp3) is 0.333. The van der Waals surface area contributed by atoms with Gasteiger partial charge in [-0.05, 0) is 68.3 Å². The van der Waals surface area contributed by atoms with Crippen LogP contribution >= 0.6 is 0 Å². The van der Waals surface area contributed by atoms with E-state index in [0.717, 1.165) is 0 Å². The summed E-state index contributed by atoms with van der Waals surface area (Å²) in [5.74, 6) is 5.46. The molecule has 4 rings (SSSR count). The van der Waals surface area contributed by atoms with Crippen molar-refractivity contribution in [2.45, 2.75) is 39.8 Å². The van der Waals surface area contributed by atoms with Crippen LogP contribution in [0.3, 0.4) is 0 Å². The summed E-state index contributed by atoms with van der Waals surface area (Å²) in [6.45, 7) is 7.37. The third-order valence-electron chi connectivity index (χ3n) is 6.78. The monoisotopic (exact) mass is 602 g/mol. The van der Waals surface area contributed by atoms with Gasteiger partial charge in [0.25, 0.3) is 11.8 Å². The molecule has 1 aliphatic rings. The highest BCUT2D eigenvalue weighted by Gasteiger charge is 2.31. The predicted octanol–water partition coefficient (Wildman–Crippen LogP) is 4.07. The smallest absolute Gasteiger partial charge is 0.323 e. The van der Waals surface area contributed by atoms with Crippen molar-refractivity contribution in [3.8, 4) is 29.1 Å². The van der Waals surface area contributed by atoms with E-state index in [4.69, 9.17) is 19.9 Å². The Hall–Kier alpha value is -4.95. The summed E-state index contributed by atoms with van der Waals surface area (Å²) in [6.07, 6.45) is 1.40. The zero-order chi connectivity index (χ0) is 32.0. The molecule has 3 N–H and O–H groups in total. The third-order valence-corrected chi connectivity index (χ3v) is 6.78. The molecule has 0 radical (unpaired) electrons. The topological polar surface area (TPSA) is 133 Å². The van der Waals surface area contributed by atoms with Crippen molar-refractivity contribution in [3.63, 3.8) is 0 Å². The molecular weight excluding hydrogens is 567 g/mol. The Bertz CT molecular complexity index is 1600. The number of esters is 1. The summed E-state index contributed by atoms with van der Waals surface area (Å²) < 4.78 is 30.1. The zero-order valence-corrected chi connectivity index (χ0v) is 25.2. The molecule has 0 aliphatic carbocycles. The van der Waals surface area contributed by atoms with E-state index in [9.17, 15) is 18.8 Å². The quantitative estimate of drug-likeness (QED) is 0.291. The van der Waals surface area contributed by atoms with Crippen LogP contribution in [0.2, 0.25) is 0 Å². The van der Waals surface area contributed by atoms with Gasteiger partial charge < -0.3 is 30.2 Å². The van der Waals surface area contributed by atoms with Gasteiger partial charge in [0.15, 0.2) is 0 Å². The summed E-state index contributed by atoms with van der Waals surface area (Å²) in [5, 5.41) is 2.69. The molecule has 0 spiro atoms. The summed E-state index contributed by atoms with van der Waals surface area (Å²) in [6, 6.07) is 11.9. The standard InChI is InChI=1S/C33H35FN4O6/c1-20(2)29(35)32(41)43-19-33(3,4)14-12-21-6-11-28-27(16-21)38(5)31(40)26(18-42-28)37-30(39)25-17-24(13-15-36-25)44-23-9-7-22(34)8-10-23/h6-11,13,15-17,20,26,29H,18-19,35H2,1-5H3,(H,37,39)/t26-,29?/m0/s1. The highest BCUT2D eigenvalue weighted by atomic mass is 19.1. The van der Waals surface area contributed by atoms with Gasteiger partial charge in [-0.3, -0.25) is 19.4 Å². The van der Waals surface area contributed by atoms with Crippen molar-refractivity contribution in [2.24, 2.45) is 17.1 Å². The number of halogens is 1. The molecule has 2 atom stereocenters. The van der Waals surface area contributed by atoms with E-state index in [2.05, 4.69) is 22.1 Å². The Kier molecular flexibility index (Phi) is 9.86. The summed E-state index contributed by atoms with van der Waals surface area (Å²) in [7, 11) is 1.59. The van der Waals surface area contributed by atoms with E-state index in [0.29, 0.717) is 28.5 Å². The number of nitrogens with one attached hydrogen (secondary N) is 1. The molecule has 3 aromatic rings. The van der Waals surface area contributed by atoms with Crippen molar-refractivity contribution < 1.29 is 33.0 Å². The van der Waals surface area contributed by atoms with Crippen LogP contribution in [0.25, 0.3) is 0 Å². The third kappa shape index (κ3) is 8.11. The second-order valence-corrected chi connectivity index (χ2v) is 11.4. The van der Waals surface area contributed by atoms with Gasteiger partial charge in [0.1, 0.15) is 54.1 Å². The van der Waals surface area contributed by atoms with Crippen LogP contribution in [0.1, 0.15) is 43.7 Å². The number of likely N-dealkylation sites (N-methyl/N-ethyl adjacent to an activating group) is 1. The molecule has 0 saturated heterocycles. The molecule has 0 bridgehead atoms. The maximum absolute atomic E-state index is 13.4. The van der Waals surface area contributed by atoms with Gasteiger partial charge >= 0.3 is 5.97 Å². The SMILES string of the molecule is CC(C)C(N)C(=O)OCC(C)(C)C#Cc1ccc2c(c1)N(C)C(=O)[C@@H](NC(=O)c1cc(Oc3ccc(F)cc3)ccn1)CO2. The number of nitrogens with zero attached hydrogens (tertiary/aromatic N) is 2. The first-order valence-corrected chi connectivity index (χ1v) is 14.0. The van der Waals surface area contributed by atoms with Crippen molar-refractivity contribution in [1.29, 1.82) is 0 Å². The van der Waals surface area contributed by atoms with E-state index in [1.807, 2.05) is 27.7 Å². The Morgan fingerprint density at radius 1 is 1.16 bits per heavy atom. The van der Waals surface area contributed by atoms with Crippen LogP contribution < -0.4 is 25.4 Å². The van der Waals surface area contributed by atoms with Crippen molar-refractivity contribution >= 4 is 23.5 Å². The van der Waals surface area contributed by atoms with E-state index >= 15 is 0 Å². The number of nitrogens with two attached hydrogens (primary N) is 1. The van der Waals surface area contributed by atoms with Gasteiger partial charge in [0.05, 0.1) is 11.1 Å². The molecule has 1 unspecified atom stereocenters. The number of carbonyl (C=O) groups excluding carboxylic acids is 3. The van der Waals surface area contributed by atoms with E-state index in [1.54, 1.807) is 31.3 Å². The highest BCUT2D eigenvalue weighted by molar-refractivity contribution is 6.03. The summed E-state index contributed by atoms with van der Waals surface area (Å²) >= 11 is 0. The van der Waals surface area contributed by atoms with Gasteiger partial charge in [0.2, 0.25) is 0 Å². The molecule has 0 saturated carbocycles. The average molecular weight is 603 g/mol. The van der Waals surface area contributed by atoms with E-state index < -0.39 is 41.1 Å². The highest BCUT2D eigenvalue weighted by Crippen LogP contribution is 2.32. The zero-order valence-electron chi connectivity index (χ0n) is 25.2. The van der Waals surface area contributed by atoms with Crippen molar-refractivity contribution in [1.82, 2.24) is 10.3 Å². The molecule has 2 aromatic carbocycles. The number of benzene rings is 2. The van der Waals surface area contributed by atoms with Crippen molar-refractivity contribution in [2.75, 3.05) is 25.2 Å². The predicted molar refractivity (Wildman–Crippen MR) is 162 cm³/mol. The second-order valence-electron chi connectivity index (χ2n) is 11.4. The number of pyridine rings is 1. The maximum atomic E-state index is 13.4. The summed E-state index contributed by atoms with van der Waals surface area (Å²) in [5.41, 5.74) is 6.34. The number of carbonyl (C=O) groups is 3. The number of hydrogen-bond donors (Lipinski definition) is 2. The van der Waals surface area contributed by atoms with Crippen LogP contribution in [0.4, 0.5) is 10.1 Å². The first-order valence-electron chi connectivity index (χ1n) is 14.0. The number of rotatable bonds is 8. The molecule has 44 heavy (non-hydrogen) atoms. The molecule has 1 aromatic heterocycles. The molecule has 0 fully saturated rings. The van der Waals surface area contributed by atoms with Gasteiger partial charge in [-0.25, -0.2) is 4.39 Å². The Morgan fingerprint density at radius 2 is 1.89 bits per heavy atom. The number of fused-ring (bicyclic) bond motifs is 1. The molecular formula is C33H35FN4O6. The fourth-order valence-electron chi connectivity index (χ4n) is 4.05. The van der Waals surface area contributed by atoms with Gasteiger partial charge in [-0.2, -0.15) is 0 Å². The van der Waals surface area contributed by atoms with Crippen LogP contribution in [0, 0.1) is 29.0 Å². The Balaban J connectivity index is 1.42. The second kappa shape index (κ2) is 13.6. The van der Waals surface area contributed by atoms with Crippen LogP contribution in [-0.2, 0) is 14.3 Å². The first kappa shape index (κ1) is 32.0. The molecule has 1 aliphatic heterocycles. The van der Waals surface area contributed by atoms with Gasteiger partial charge in [-0.1, -0.05) is 25.7 Å². The van der Waals surface area contributed by atoms with Crippen LogP contribution in [0.15, 0.2) is 60.8 Å². The van der Waals surface area contributed by atoms with Gasteiger partial charge in [-0.15, -0.1) is 0 Å². The lowest BCUT2D eigenvalue weighted by Crippen LogP contribution is -2.49. The molecule has 11 heteroatoms. The maximum Gasteiger partial charge on any atom is 0.323 e. The number of hydrogen-bond acceptors (Lipinski definition) is 8. The minimum absolute atomic E-state index is 0.0267. The first-order chi connectivity index (χ1) is 20.8. The van der Waals surface area contributed by atoms with Crippen LogP contribution in [-0.4, -0.2) is 55.1 Å². The molecule has 230 valence electrons. The minimum atomic E-state index is -0.997. The number of amides is 2. The number of anilines is 1. The number of aromatic nitrogens is 1. The lowest BCUT2D eigenvalue weighted by atomic mass is 9.95. The van der Waals surface area contributed by atoms with E-state index in [1.165, 1.54) is 41.4 Å². The Morgan fingerprint density at radius 3 is 2.59 bits per heavy atom. The van der Waals surface area contributed by atoms with Crippen LogP contribution in [0.5, 0.6) is 17.2 Å². The minimum Gasteiger partial charge on any atom is -0.489 e. The summed E-state index contributed by atoms with van der Waals surface area (Å²) in [4.78, 5) is 44.0. The van der Waals surface area contributed by atoms with Crippen molar-refractivity contribution in [3.05, 3.63) is 77.9 Å². The Labute approximate surface area is 255 Å². The molecule has 2 heterocycles. The lowest BCUT2D eigenvalue weighted by molar-refractivity contribution is -0.148. The largest absolute Gasteiger partial charge is 0.489 e. The fourth-order valence-corrected chi connectivity index (χ4v) is 4.05. The van der Waals surface area contributed by atoms with Gasteiger partial charge in [0, 0.05) is 24.9 Å². The normalized spacial score (nSPS) is 15.2. The number of ether oxygens (including phenoxy) is 3. The van der Waals surface area contributed by atoms with E-state index in [-0.39, 0.29) is 24.8 Å². The molecule has 10 nitrogen and oxygen atoms in total. The molecule has 2 amide bonds.